The van der Waals surface area contributed by atoms with Crippen molar-refractivity contribution in [2.75, 3.05) is 31.2 Å². The molecule has 2 aromatic rings. The second-order valence-electron chi connectivity index (χ2n) is 5.80. The highest BCUT2D eigenvalue weighted by Gasteiger charge is 2.12. The van der Waals surface area contributed by atoms with Gasteiger partial charge >= 0.3 is 11.9 Å². The van der Waals surface area contributed by atoms with Gasteiger partial charge in [-0.3, -0.25) is 9.59 Å². The van der Waals surface area contributed by atoms with Gasteiger partial charge in [0.2, 0.25) is 0 Å². The molecular weight excluding hydrogens is 378 g/mol. The number of anilines is 1. The topological polar surface area (TPSA) is 81.6 Å². The van der Waals surface area contributed by atoms with Crippen molar-refractivity contribution in [2.24, 2.45) is 0 Å². The van der Waals surface area contributed by atoms with Gasteiger partial charge in [-0.2, -0.15) is 0 Å². The smallest absolute Gasteiger partial charge is 0.307 e. The van der Waals surface area contributed by atoms with E-state index in [1.165, 1.54) is 11.3 Å². The molecule has 0 bridgehead atoms. The molecule has 150 valence electrons. The second kappa shape index (κ2) is 11.9. The normalized spacial score (nSPS) is 10.8. The van der Waals surface area contributed by atoms with Crippen LogP contribution in [-0.2, 0) is 19.1 Å². The summed E-state index contributed by atoms with van der Waals surface area (Å²) in [4.78, 5) is 25.4. The molecule has 7 nitrogen and oxygen atoms in total. The summed E-state index contributed by atoms with van der Waals surface area (Å²) in [6.45, 7) is 5.22. The van der Waals surface area contributed by atoms with Gasteiger partial charge in [0.1, 0.15) is 10.5 Å². The first-order chi connectivity index (χ1) is 13.6. The Labute approximate surface area is 169 Å². The molecule has 1 aromatic heterocycles. The Bertz CT molecular complexity index is 738. The number of benzene rings is 1. The fourth-order valence-corrected chi connectivity index (χ4v) is 2.95. The number of carbonyl (C=O) groups excluding carboxylic acids is 2. The molecule has 0 unspecified atom stereocenters. The minimum atomic E-state index is -0.250. The van der Waals surface area contributed by atoms with Crippen molar-refractivity contribution < 1.29 is 19.1 Å². The predicted molar refractivity (Wildman–Crippen MR) is 110 cm³/mol. The average Bonchev–Trinajstić information content (AvgIpc) is 3.21. The Morgan fingerprint density at radius 1 is 1.00 bits per heavy atom. The molecule has 1 aromatic carbocycles. The molecule has 0 saturated heterocycles. The highest BCUT2D eigenvalue weighted by atomic mass is 32.1. The number of hydrogen-bond acceptors (Lipinski definition) is 8. The summed E-state index contributed by atoms with van der Waals surface area (Å²) in [5.74, 6) is -0.500. The molecule has 0 radical (unpaired) electrons. The molecule has 0 saturated carbocycles. The van der Waals surface area contributed by atoms with E-state index in [9.17, 15) is 9.59 Å². The molecule has 0 atom stereocenters. The van der Waals surface area contributed by atoms with E-state index in [2.05, 4.69) is 10.2 Å². The third kappa shape index (κ3) is 7.48. The SMILES string of the molecule is CCOC(=O)CCN(CCC(=O)OCC)c1ccc(/C=C/c2nncs2)cc1. The van der Waals surface area contributed by atoms with Gasteiger partial charge in [-0.25, -0.2) is 0 Å². The molecule has 2 rings (SSSR count). The van der Waals surface area contributed by atoms with Crippen LogP contribution in [0.25, 0.3) is 12.2 Å². The van der Waals surface area contributed by atoms with Crippen molar-refractivity contribution in [1.82, 2.24) is 10.2 Å². The van der Waals surface area contributed by atoms with Crippen LogP contribution < -0.4 is 4.90 Å². The summed E-state index contributed by atoms with van der Waals surface area (Å²) >= 11 is 1.47. The van der Waals surface area contributed by atoms with Crippen molar-refractivity contribution in [3.05, 3.63) is 40.3 Å². The third-order valence-electron chi connectivity index (χ3n) is 3.84. The number of ether oxygens (including phenoxy) is 2. The van der Waals surface area contributed by atoms with Crippen molar-refractivity contribution in [1.29, 1.82) is 0 Å². The number of esters is 2. The Morgan fingerprint density at radius 2 is 1.61 bits per heavy atom. The first-order valence-electron chi connectivity index (χ1n) is 9.22. The van der Waals surface area contributed by atoms with Crippen LogP contribution in [-0.4, -0.2) is 48.4 Å². The lowest BCUT2D eigenvalue weighted by atomic mass is 10.1. The number of carbonyl (C=O) groups is 2. The van der Waals surface area contributed by atoms with Gasteiger partial charge in [0.05, 0.1) is 26.1 Å². The molecule has 1 heterocycles. The summed E-state index contributed by atoms with van der Waals surface area (Å²) in [5, 5.41) is 8.62. The van der Waals surface area contributed by atoms with Gasteiger partial charge in [0.15, 0.2) is 0 Å². The number of rotatable bonds is 11. The van der Waals surface area contributed by atoms with Gasteiger partial charge in [0, 0.05) is 18.8 Å². The van der Waals surface area contributed by atoms with E-state index >= 15 is 0 Å². The van der Waals surface area contributed by atoms with E-state index in [0.717, 1.165) is 16.3 Å². The van der Waals surface area contributed by atoms with Crippen LogP contribution in [0.5, 0.6) is 0 Å². The molecular formula is C20H25N3O4S. The maximum Gasteiger partial charge on any atom is 0.307 e. The van der Waals surface area contributed by atoms with Gasteiger partial charge in [-0.05, 0) is 37.6 Å². The zero-order valence-corrected chi connectivity index (χ0v) is 17.0. The van der Waals surface area contributed by atoms with Crippen LogP contribution in [0.15, 0.2) is 29.8 Å². The Kier molecular flexibility index (Phi) is 9.14. The summed E-state index contributed by atoms with van der Waals surface area (Å²) in [6.07, 6.45) is 4.39. The van der Waals surface area contributed by atoms with Crippen molar-refractivity contribution in [3.63, 3.8) is 0 Å². The Balaban J connectivity index is 2.02. The van der Waals surface area contributed by atoms with Crippen LogP contribution in [0.1, 0.15) is 37.3 Å². The molecule has 8 heteroatoms. The standard InChI is InChI=1S/C20H25N3O4S/c1-3-26-19(24)11-13-23(14-12-20(25)27-4-2)17-8-5-16(6-9-17)7-10-18-22-21-15-28-18/h5-10,15H,3-4,11-14H2,1-2H3/b10-7+. The van der Waals surface area contributed by atoms with E-state index in [4.69, 9.17) is 9.47 Å². The second-order valence-corrected chi connectivity index (χ2v) is 6.66. The lowest BCUT2D eigenvalue weighted by molar-refractivity contribution is -0.143. The molecule has 0 aliphatic rings. The summed E-state index contributed by atoms with van der Waals surface area (Å²) in [5.41, 5.74) is 3.64. The molecule has 28 heavy (non-hydrogen) atoms. The van der Waals surface area contributed by atoms with Gasteiger partial charge in [-0.15, -0.1) is 21.5 Å². The Hall–Kier alpha value is -2.74. The number of hydrogen-bond donors (Lipinski definition) is 0. The summed E-state index contributed by atoms with van der Waals surface area (Å²) in [7, 11) is 0. The van der Waals surface area contributed by atoms with Crippen LogP contribution in [0.2, 0.25) is 0 Å². The van der Waals surface area contributed by atoms with Crippen LogP contribution >= 0.6 is 11.3 Å². The maximum atomic E-state index is 11.7. The van der Waals surface area contributed by atoms with Gasteiger partial charge < -0.3 is 14.4 Å². The lowest BCUT2D eigenvalue weighted by Gasteiger charge is -2.24. The van der Waals surface area contributed by atoms with Crippen molar-refractivity contribution >= 4 is 41.1 Å². The molecule has 0 aliphatic heterocycles. The number of aromatic nitrogens is 2. The minimum absolute atomic E-state index is 0.250. The molecule has 0 aliphatic carbocycles. The quantitative estimate of drug-likeness (QED) is 0.532. The zero-order chi connectivity index (χ0) is 20.2. The minimum Gasteiger partial charge on any atom is -0.466 e. The zero-order valence-electron chi connectivity index (χ0n) is 16.2. The van der Waals surface area contributed by atoms with Crippen LogP contribution in [0.4, 0.5) is 5.69 Å². The van der Waals surface area contributed by atoms with E-state index in [-0.39, 0.29) is 24.8 Å². The summed E-state index contributed by atoms with van der Waals surface area (Å²) < 4.78 is 10.0. The molecule has 0 fully saturated rings. The average molecular weight is 404 g/mol. The van der Waals surface area contributed by atoms with Crippen LogP contribution in [0.3, 0.4) is 0 Å². The molecule has 0 N–H and O–H groups in total. The first-order valence-corrected chi connectivity index (χ1v) is 10.1. The predicted octanol–water partition coefficient (Wildman–Crippen LogP) is 3.42. The van der Waals surface area contributed by atoms with Gasteiger partial charge in [-0.1, -0.05) is 18.2 Å². The number of nitrogens with zero attached hydrogens (tertiary/aromatic N) is 3. The van der Waals surface area contributed by atoms with E-state index in [1.807, 2.05) is 41.3 Å². The summed E-state index contributed by atoms with van der Waals surface area (Å²) in [6, 6.07) is 7.90. The van der Waals surface area contributed by atoms with Gasteiger partial charge in [0.25, 0.3) is 0 Å². The Morgan fingerprint density at radius 3 is 2.11 bits per heavy atom. The van der Waals surface area contributed by atoms with Crippen molar-refractivity contribution in [3.8, 4) is 0 Å². The highest BCUT2D eigenvalue weighted by molar-refractivity contribution is 7.10. The molecule has 0 amide bonds. The van der Waals surface area contributed by atoms with E-state index in [1.54, 1.807) is 19.4 Å². The van der Waals surface area contributed by atoms with Crippen LogP contribution in [0, 0.1) is 0 Å². The van der Waals surface area contributed by atoms with E-state index < -0.39 is 0 Å². The van der Waals surface area contributed by atoms with E-state index in [0.29, 0.717) is 26.3 Å². The monoisotopic (exact) mass is 403 g/mol. The molecule has 0 spiro atoms. The maximum absolute atomic E-state index is 11.7. The third-order valence-corrected chi connectivity index (χ3v) is 4.49. The first kappa shape index (κ1) is 21.6. The fraction of sp³-hybridized carbons (Fsp3) is 0.400. The van der Waals surface area contributed by atoms with Crippen molar-refractivity contribution in [2.45, 2.75) is 26.7 Å². The highest BCUT2D eigenvalue weighted by Crippen LogP contribution is 2.18. The fourth-order valence-electron chi connectivity index (χ4n) is 2.51. The lowest BCUT2D eigenvalue weighted by Crippen LogP contribution is -2.29. The largest absolute Gasteiger partial charge is 0.466 e.